The van der Waals surface area contributed by atoms with E-state index >= 15 is 0 Å². The monoisotopic (exact) mass is 397 g/mol. The number of ether oxygens (including phenoxy) is 2. The van der Waals surface area contributed by atoms with E-state index in [9.17, 15) is 9.18 Å². The van der Waals surface area contributed by atoms with Gasteiger partial charge < -0.3 is 14.8 Å². The minimum Gasteiger partial charge on any atom is -0.497 e. The van der Waals surface area contributed by atoms with Crippen molar-refractivity contribution in [1.82, 2.24) is 5.32 Å². The van der Waals surface area contributed by atoms with Crippen LogP contribution in [0.3, 0.4) is 0 Å². The third-order valence-electron chi connectivity index (χ3n) is 3.82. The lowest BCUT2D eigenvalue weighted by atomic mass is 10.1. The van der Waals surface area contributed by atoms with Crippen molar-refractivity contribution in [2.45, 2.75) is 18.7 Å². The normalized spacial score (nSPS) is 11.7. The predicted molar refractivity (Wildman–Crippen MR) is 104 cm³/mol. The van der Waals surface area contributed by atoms with Crippen molar-refractivity contribution >= 4 is 29.3 Å². The summed E-state index contributed by atoms with van der Waals surface area (Å²) in [6.45, 7) is 1.87. The van der Waals surface area contributed by atoms with Gasteiger partial charge in [0.1, 0.15) is 17.3 Å². The summed E-state index contributed by atoms with van der Waals surface area (Å²) >= 11 is 7.30. The molecule has 0 radical (unpaired) electrons. The Hall–Kier alpha value is -1.92. The second kappa shape index (κ2) is 9.69. The fourth-order valence-corrected chi connectivity index (χ4v) is 3.63. The first kappa shape index (κ1) is 20.4. The van der Waals surface area contributed by atoms with Crippen LogP contribution < -0.4 is 14.8 Å². The number of carbonyl (C=O) groups is 1. The molecule has 2 aromatic carbocycles. The van der Waals surface area contributed by atoms with Crippen LogP contribution in [-0.2, 0) is 10.5 Å². The van der Waals surface area contributed by atoms with Gasteiger partial charge in [-0.2, -0.15) is 0 Å². The van der Waals surface area contributed by atoms with Gasteiger partial charge in [0.2, 0.25) is 5.91 Å². The van der Waals surface area contributed by atoms with Crippen LogP contribution in [-0.4, -0.2) is 25.9 Å². The minimum absolute atomic E-state index is 0.153. The van der Waals surface area contributed by atoms with E-state index in [-0.39, 0.29) is 23.5 Å². The molecule has 1 N–H and O–H groups in total. The van der Waals surface area contributed by atoms with E-state index in [1.807, 2.05) is 13.0 Å². The number of rotatable bonds is 8. The van der Waals surface area contributed by atoms with Gasteiger partial charge in [0.05, 0.1) is 26.0 Å². The highest BCUT2D eigenvalue weighted by atomic mass is 35.5. The fourth-order valence-electron chi connectivity index (χ4n) is 2.45. The van der Waals surface area contributed by atoms with Gasteiger partial charge >= 0.3 is 0 Å². The van der Waals surface area contributed by atoms with Crippen LogP contribution >= 0.6 is 23.4 Å². The second-order valence-electron chi connectivity index (χ2n) is 5.59. The van der Waals surface area contributed by atoms with Crippen molar-refractivity contribution in [1.29, 1.82) is 0 Å². The Bertz CT molecular complexity index is 752. The summed E-state index contributed by atoms with van der Waals surface area (Å²) in [5.74, 6) is 1.37. The van der Waals surface area contributed by atoms with E-state index < -0.39 is 0 Å². The van der Waals surface area contributed by atoms with Crippen LogP contribution in [0.2, 0.25) is 5.02 Å². The molecule has 0 saturated heterocycles. The van der Waals surface area contributed by atoms with Crippen molar-refractivity contribution in [3.05, 3.63) is 58.4 Å². The largest absolute Gasteiger partial charge is 0.497 e. The van der Waals surface area contributed by atoms with Gasteiger partial charge in [-0.05, 0) is 37.3 Å². The Balaban J connectivity index is 1.93. The quantitative estimate of drug-likeness (QED) is 0.706. The number of benzene rings is 2. The predicted octanol–water partition coefficient (Wildman–Crippen LogP) is 4.61. The molecular formula is C19H21ClFNO3S. The van der Waals surface area contributed by atoms with Crippen LogP contribution in [0.1, 0.15) is 24.1 Å². The zero-order valence-electron chi connectivity index (χ0n) is 14.8. The van der Waals surface area contributed by atoms with Crippen LogP contribution in [0.5, 0.6) is 11.5 Å². The highest BCUT2D eigenvalue weighted by molar-refractivity contribution is 7.99. The molecule has 0 aliphatic carbocycles. The third-order valence-corrected chi connectivity index (χ3v) is 5.14. The topological polar surface area (TPSA) is 47.6 Å². The Morgan fingerprint density at radius 3 is 2.69 bits per heavy atom. The van der Waals surface area contributed by atoms with Gasteiger partial charge in [-0.3, -0.25) is 4.79 Å². The Labute approximate surface area is 162 Å². The van der Waals surface area contributed by atoms with Gasteiger partial charge in [-0.25, -0.2) is 4.39 Å². The number of nitrogens with one attached hydrogen (secondary N) is 1. The number of halogens is 2. The molecule has 0 saturated carbocycles. The Morgan fingerprint density at radius 2 is 2.04 bits per heavy atom. The van der Waals surface area contributed by atoms with Gasteiger partial charge in [0, 0.05) is 21.9 Å². The molecule has 0 aromatic heterocycles. The van der Waals surface area contributed by atoms with Crippen molar-refractivity contribution in [3.8, 4) is 11.5 Å². The van der Waals surface area contributed by atoms with E-state index in [2.05, 4.69) is 5.32 Å². The van der Waals surface area contributed by atoms with E-state index in [1.165, 1.54) is 17.8 Å². The molecule has 1 atom stereocenters. The summed E-state index contributed by atoms with van der Waals surface area (Å²) < 4.78 is 24.3. The van der Waals surface area contributed by atoms with Crippen molar-refractivity contribution < 1.29 is 18.7 Å². The highest BCUT2D eigenvalue weighted by Gasteiger charge is 2.16. The Kier molecular flexibility index (Phi) is 7.60. The molecule has 0 heterocycles. The first-order valence-electron chi connectivity index (χ1n) is 7.98. The molecule has 26 heavy (non-hydrogen) atoms. The molecule has 0 fully saturated rings. The van der Waals surface area contributed by atoms with Crippen LogP contribution in [0.4, 0.5) is 4.39 Å². The smallest absolute Gasteiger partial charge is 0.230 e. The average molecular weight is 398 g/mol. The molecule has 2 rings (SSSR count). The van der Waals surface area contributed by atoms with Crippen molar-refractivity contribution in [2.24, 2.45) is 0 Å². The number of amides is 1. The third kappa shape index (κ3) is 5.29. The molecule has 1 amide bonds. The summed E-state index contributed by atoms with van der Waals surface area (Å²) in [6.07, 6.45) is 0. The second-order valence-corrected chi connectivity index (χ2v) is 6.98. The molecule has 1 unspecified atom stereocenters. The summed E-state index contributed by atoms with van der Waals surface area (Å²) in [7, 11) is 3.16. The van der Waals surface area contributed by atoms with Crippen LogP contribution in [0.15, 0.2) is 36.4 Å². The van der Waals surface area contributed by atoms with Gasteiger partial charge in [-0.15, -0.1) is 11.8 Å². The van der Waals surface area contributed by atoms with Crippen molar-refractivity contribution in [2.75, 3.05) is 20.0 Å². The van der Waals surface area contributed by atoms with Gasteiger partial charge in [-0.1, -0.05) is 17.7 Å². The zero-order valence-corrected chi connectivity index (χ0v) is 16.4. The standard InChI is InChI=1S/C19H21ClFNO3S/c1-12(14-9-13(24-2)7-8-18(14)25-3)22-19(23)11-26-10-15-16(20)5-4-6-17(15)21/h4-9,12H,10-11H2,1-3H3,(H,22,23). The number of carbonyl (C=O) groups excluding carboxylic acids is 1. The fraction of sp³-hybridized carbons (Fsp3) is 0.316. The number of hydrogen-bond acceptors (Lipinski definition) is 4. The first-order valence-corrected chi connectivity index (χ1v) is 9.51. The molecule has 0 aliphatic heterocycles. The first-order chi connectivity index (χ1) is 12.5. The number of hydrogen-bond donors (Lipinski definition) is 1. The lowest BCUT2D eigenvalue weighted by molar-refractivity contribution is -0.119. The van der Waals surface area contributed by atoms with E-state index in [0.717, 1.165) is 5.56 Å². The van der Waals surface area contributed by atoms with E-state index in [4.69, 9.17) is 21.1 Å². The van der Waals surface area contributed by atoms with Gasteiger partial charge in [0.15, 0.2) is 0 Å². The van der Waals surface area contributed by atoms with Crippen molar-refractivity contribution in [3.63, 3.8) is 0 Å². The number of thioether (sulfide) groups is 1. The van der Waals surface area contributed by atoms with Gasteiger partial charge in [0.25, 0.3) is 0 Å². The molecule has 2 aromatic rings. The summed E-state index contributed by atoms with van der Waals surface area (Å²) in [5, 5.41) is 3.28. The van der Waals surface area contributed by atoms with E-state index in [1.54, 1.807) is 38.5 Å². The SMILES string of the molecule is COc1ccc(OC)c(C(C)NC(=O)CSCc2c(F)cccc2Cl)c1. The summed E-state index contributed by atoms with van der Waals surface area (Å²) in [5.41, 5.74) is 1.23. The van der Waals surface area contributed by atoms with E-state index in [0.29, 0.717) is 27.8 Å². The molecule has 7 heteroatoms. The average Bonchev–Trinajstić information content (AvgIpc) is 2.63. The maximum Gasteiger partial charge on any atom is 0.230 e. The molecule has 140 valence electrons. The zero-order chi connectivity index (χ0) is 19.1. The Morgan fingerprint density at radius 1 is 1.27 bits per heavy atom. The minimum atomic E-state index is -0.361. The lowest BCUT2D eigenvalue weighted by Gasteiger charge is -2.18. The molecule has 4 nitrogen and oxygen atoms in total. The molecule has 0 spiro atoms. The lowest BCUT2D eigenvalue weighted by Crippen LogP contribution is -2.28. The summed E-state index contributed by atoms with van der Waals surface area (Å²) in [4.78, 5) is 12.2. The maximum atomic E-state index is 13.7. The maximum absolute atomic E-state index is 13.7. The summed E-state index contributed by atoms with van der Waals surface area (Å²) in [6, 6.07) is 9.72. The molecule has 0 aliphatic rings. The highest BCUT2D eigenvalue weighted by Crippen LogP contribution is 2.29. The van der Waals surface area contributed by atoms with Crippen LogP contribution in [0.25, 0.3) is 0 Å². The number of methoxy groups -OCH3 is 2. The van der Waals surface area contributed by atoms with Crippen LogP contribution in [0, 0.1) is 5.82 Å². The molecule has 0 bridgehead atoms. The molecular weight excluding hydrogens is 377 g/mol.